The summed E-state index contributed by atoms with van der Waals surface area (Å²) in [5, 5.41) is 7.83. The van der Waals surface area contributed by atoms with Crippen LogP contribution in [0.25, 0.3) is 16.9 Å². The lowest BCUT2D eigenvalue weighted by molar-refractivity contribution is 0.0601. The molecule has 4 aromatic rings. The van der Waals surface area contributed by atoms with Crippen LogP contribution in [0.4, 0.5) is 11.5 Å². The van der Waals surface area contributed by atoms with E-state index in [0.29, 0.717) is 22.9 Å². The molecule has 0 saturated heterocycles. The molecule has 0 amide bonds. The molecular formula is C21H19N5O2. The molecular weight excluding hydrogens is 354 g/mol. The summed E-state index contributed by atoms with van der Waals surface area (Å²) < 4.78 is 6.57. The standard InChI is InChI=1S/C21H19N5O2/c1-13-11-14(2)26(25-13)20-19(23-17-9-4-5-10-18(17)24-20)22-16-8-6-7-15(12-16)21(27)28-3/h4-12H,1-3H3,(H,22,23). The Hall–Kier alpha value is -3.74. The van der Waals surface area contributed by atoms with E-state index in [4.69, 9.17) is 14.7 Å². The number of rotatable bonds is 4. The van der Waals surface area contributed by atoms with Gasteiger partial charge in [0, 0.05) is 11.4 Å². The molecule has 1 N–H and O–H groups in total. The topological polar surface area (TPSA) is 81.9 Å². The smallest absolute Gasteiger partial charge is 0.337 e. The molecule has 0 atom stereocenters. The van der Waals surface area contributed by atoms with Crippen LogP contribution in [0.5, 0.6) is 0 Å². The van der Waals surface area contributed by atoms with Crippen molar-refractivity contribution in [2.75, 3.05) is 12.4 Å². The number of aryl methyl sites for hydroxylation is 2. The van der Waals surface area contributed by atoms with E-state index >= 15 is 0 Å². The predicted molar refractivity (Wildman–Crippen MR) is 107 cm³/mol. The number of carbonyl (C=O) groups excluding carboxylic acids is 1. The Kier molecular flexibility index (Phi) is 4.49. The van der Waals surface area contributed by atoms with Crippen LogP contribution in [0.1, 0.15) is 21.7 Å². The quantitative estimate of drug-likeness (QED) is 0.545. The van der Waals surface area contributed by atoms with Gasteiger partial charge < -0.3 is 10.1 Å². The average Bonchev–Trinajstić information content (AvgIpc) is 3.05. The van der Waals surface area contributed by atoms with Crippen molar-refractivity contribution in [1.29, 1.82) is 0 Å². The molecule has 7 heteroatoms. The number of para-hydroxylation sites is 2. The molecule has 2 aromatic carbocycles. The fourth-order valence-electron chi connectivity index (χ4n) is 3.04. The second-order valence-corrected chi connectivity index (χ2v) is 6.42. The molecule has 0 saturated carbocycles. The zero-order valence-corrected chi connectivity index (χ0v) is 15.8. The maximum Gasteiger partial charge on any atom is 0.337 e. The van der Waals surface area contributed by atoms with Gasteiger partial charge in [-0.25, -0.2) is 19.4 Å². The first-order valence-electron chi connectivity index (χ1n) is 8.81. The normalized spacial score (nSPS) is 10.8. The van der Waals surface area contributed by atoms with Gasteiger partial charge in [0.05, 0.1) is 29.4 Å². The van der Waals surface area contributed by atoms with Gasteiger partial charge in [0.2, 0.25) is 0 Å². The Morgan fingerprint density at radius 2 is 1.75 bits per heavy atom. The summed E-state index contributed by atoms with van der Waals surface area (Å²) in [6.07, 6.45) is 0. The molecule has 0 fully saturated rings. The molecule has 140 valence electrons. The van der Waals surface area contributed by atoms with E-state index in [1.807, 2.05) is 50.2 Å². The van der Waals surface area contributed by atoms with E-state index in [-0.39, 0.29) is 0 Å². The third kappa shape index (κ3) is 3.29. The van der Waals surface area contributed by atoms with Crippen molar-refractivity contribution < 1.29 is 9.53 Å². The van der Waals surface area contributed by atoms with E-state index in [1.54, 1.807) is 22.9 Å². The lowest BCUT2D eigenvalue weighted by atomic mass is 10.2. The van der Waals surface area contributed by atoms with Gasteiger partial charge in [-0.3, -0.25) is 0 Å². The van der Waals surface area contributed by atoms with Gasteiger partial charge >= 0.3 is 5.97 Å². The van der Waals surface area contributed by atoms with Gasteiger partial charge in [0.1, 0.15) is 0 Å². The minimum atomic E-state index is -0.396. The van der Waals surface area contributed by atoms with E-state index in [0.717, 1.165) is 22.4 Å². The Morgan fingerprint density at radius 3 is 2.43 bits per heavy atom. The number of hydrogen-bond donors (Lipinski definition) is 1. The third-order valence-corrected chi connectivity index (χ3v) is 4.31. The molecule has 4 rings (SSSR count). The second kappa shape index (κ2) is 7.11. The van der Waals surface area contributed by atoms with Crippen LogP contribution in [0.15, 0.2) is 54.6 Å². The maximum atomic E-state index is 11.8. The molecule has 0 aliphatic carbocycles. The van der Waals surface area contributed by atoms with Gasteiger partial charge in [0.25, 0.3) is 0 Å². The van der Waals surface area contributed by atoms with Gasteiger partial charge in [-0.05, 0) is 50.2 Å². The van der Waals surface area contributed by atoms with Gasteiger partial charge in [-0.2, -0.15) is 5.10 Å². The van der Waals surface area contributed by atoms with Crippen LogP contribution in [0.3, 0.4) is 0 Å². The first kappa shape index (κ1) is 17.7. The second-order valence-electron chi connectivity index (χ2n) is 6.42. The highest BCUT2D eigenvalue weighted by Gasteiger charge is 2.15. The van der Waals surface area contributed by atoms with Crippen molar-refractivity contribution in [3.63, 3.8) is 0 Å². The molecule has 7 nitrogen and oxygen atoms in total. The molecule has 0 bridgehead atoms. The van der Waals surface area contributed by atoms with Gasteiger partial charge in [0.15, 0.2) is 11.6 Å². The molecule has 0 aliphatic rings. The van der Waals surface area contributed by atoms with Crippen molar-refractivity contribution in [2.24, 2.45) is 0 Å². The summed E-state index contributed by atoms with van der Waals surface area (Å²) in [4.78, 5) is 21.4. The Labute approximate surface area is 162 Å². The summed E-state index contributed by atoms with van der Waals surface area (Å²) in [6.45, 7) is 3.91. The fraction of sp³-hybridized carbons (Fsp3) is 0.143. The van der Waals surface area contributed by atoms with E-state index in [1.165, 1.54) is 7.11 Å². The largest absolute Gasteiger partial charge is 0.465 e. The Balaban J connectivity index is 1.85. The minimum absolute atomic E-state index is 0.396. The van der Waals surface area contributed by atoms with Gasteiger partial charge in [-0.1, -0.05) is 18.2 Å². The van der Waals surface area contributed by atoms with Crippen molar-refractivity contribution in [1.82, 2.24) is 19.7 Å². The number of carbonyl (C=O) groups is 1. The SMILES string of the molecule is COC(=O)c1cccc(Nc2nc3ccccc3nc2-n2nc(C)cc2C)c1. The zero-order valence-electron chi connectivity index (χ0n) is 15.8. The summed E-state index contributed by atoms with van der Waals surface area (Å²) in [5.41, 5.74) is 4.54. The minimum Gasteiger partial charge on any atom is -0.465 e. The fourth-order valence-corrected chi connectivity index (χ4v) is 3.04. The first-order chi connectivity index (χ1) is 13.5. The number of benzene rings is 2. The van der Waals surface area contributed by atoms with Crippen LogP contribution in [0.2, 0.25) is 0 Å². The van der Waals surface area contributed by atoms with Crippen molar-refractivity contribution in [2.45, 2.75) is 13.8 Å². The summed E-state index contributed by atoms with van der Waals surface area (Å²) >= 11 is 0. The Morgan fingerprint density at radius 1 is 1.00 bits per heavy atom. The maximum absolute atomic E-state index is 11.8. The number of aromatic nitrogens is 4. The van der Waals surface area contributed by atoms with Crippen LogP contribution in [-0.4, -0.2) is 32.8 Å². The highest BCUT2D eigenvalue weighted by Crippen LogP contribution is 2.25. The number of ether oxygens (including phenoxy) is 1. The predicted octanol–water partition coefficient (Wildman–Crippen LogP) is 3.96. The lowest BCUT2D eigenvalue weighted by Crippen LogP contribution is -2.09. The highest BCUT2D eigenvalue weighted by molar-refractivity contribution is 5.90. The van der Waals surface area contributed by atoms with Gasteiger partial charge in [-0.15, -0.1) is 0 Å². The van der Waals surface area contributed by atoms with Crippen molar-refractivity contribution >= 4 is 28.5 Å². The summed E-state index contributed by atoms with van der Waals surface area (Å²) in [7, 11) is 1.36. The number of anilines is 2. The lowest BCUT2D eigenvalue weighted by Gasteiger charge is -2.13. The molecule has 0 radical (unpaired) electrons. The van der Waals surface area contributed by atoms with Crippen LogP contribution >= 0.6 is 0 Å². The van der Waals surface area contributed by atoms with Crippen LogP contribution in [-0.2, 0) is 4.74 Å². The summed E-state index contributed by atoms with van der Waals surface area (Å²) in [5.74, 6) is 0.742. The molecule has 0 aliphatic heterocycles. The van der Waals surface area contributed by atoms with Crippen molar-refractivity contribution in [3.05, 3.63) is 71.5 Å². The zero-order chi connectivity index (χ0) is 19.7. The monoisotopic (exact) mass is 373 g/mol. The number of nitrogens with zero attached hydrogens (tertiary/aromatic N) is 4. The summed E-state index contributed by atoms with van der Waals surface area (Å²) in [6, 6.07) is 16.7. The Bertz CT molecular complexity index is 1180. The molecule has 2 aromatic heterocycles. The van der Waals surface area contributed by atoms with E-state index in [9.17, 15) is 4.79 Å². The first-order valence-corrected chi connectivity index (χ1v) is 8.81. The number of esters is 1. The average molecular weight is 373 g/mol. The van der Waals surface area contributed by atoms with E-state index < -0.39 is 5.97 Å². The highest BCUT2D eigenvalue weighted by atomic mass is 16.5. The van der Waals surface area contributed by atoms with E-state index in [2.05, 4.69) is 10.4 Å². The number of methoxy groups -OCH3 is 1. The molecule has 0 unspecified atom stereocenters. The third-order valence-electron chi connectivity index (χ3n) is 4.31. The number of nitrogens with one attached hydrogen (secondary N) is 1. The van der Waals surface area contributed by atoms with Crippen molar-refractivity contribution in [3.8, 4) is 5.82 Å². The number of hydrogen-bond acceptors (Lipinski definition) is 6. The number of fused-ring (bicyclic) bond motifs is 1. The molecule has 2 heterocycles. The molecule has 28 heavy (non-hydrogen) atoms. The van der Waals surface area contributed by atoms with Crippen LogP contribution < -0.4 is 5.32 Å². The molecule has 0 spiro atoms. The van der Waals surface area contributed by atoms with Crippen LogP contribution in [0, 0.1) is 13.8 Å².